The number of hydrogen-bond donors (Lipinski definition) is 2. The molecule has 22 heavy (non-hydrogen) atoms. The van der Waals surface area contributed by atoms with Crippen molar-refractivity contribution in [1.29, 1.82) is 0 Å². The van der Waals surface area contributed by atoms with E-state index in [1.165, 1.54) is 11.0 Å². The first-order chi connectivity index (χ1) is 10.5. The normalized spacial score (nSPS) is 18.4. The minimum absolute atomic E-state index is 0.0918. The van der Waals surface area contributed by atoms with Crippen LogP contribution >= 0.6 is 0 Å². The first kappa shape index (κ1) is 16.0. The highest BCUT2D eigenvalue weighted by molar-refractivity contribution is 5.66. The van der Waals surface area contributed by atoms with Crippen LogP contribution in [0.15, 0.2) is 18.2 Å². The van der Waals surface area contributed by atoms with E-state index in [-0.39, 0.29) is 12.3 Å². The van der Waals surface area contributed by atoms with Crippen LogP contribution in [-0.2, 0) is 6.42 Å². The number of rotatable bonds is 4. The molecule has 1 atom stereocenters. The van der Waals surface area contributed by atoms with Gasteiger partial charge < -0.3 is 15.1 Å². The highest BCUT2D eigenvalue weighted by atomic mass is 16.6. The Hall–Kier alpha value is -2.35. The van der Waals surface area contributed by atoms with Crippen molar-refractivity contribution in [2.75, 3.05) is 31.1 Å². The molecule has 8 heteroatoms. The topological polar surface area (TPSA) is 107 Å². The maximum atomic E-state index is 11.1. The molecule has 1 saturated heterocycles. The zero-order chi connectivity index (χ0) is 16.3. The summed E-state index contributed by atoms with van der Waals surface area (Å²) < 4.78 is 0. The molecule has 1 heterocycles. The number of nitrogens with zero attached hydrogens (tertiary/aromatic N) is 3. The molecule has 1 aliphatic rings. The van der Waals surface area contributed by atoms with Crippen LogP contribution in [0.1, 0.15) is 12.5 Å². The van der Waals surface area contributed by atoms with E-state index in [4.69, 9.17) is 5.11 Å². The van der Waals surface area contributed by atoms with E-state index in [9.17, 15) is 20.0 Å². The van der Waals surface area contributed by atoms with Crippen LogP contribution in [-0.4, -0.2) is 58.4 Å². The lowest BCUT2D eigenvalue weighted by Gasteiger charge is -2.40. The van der Waals surface area contributed by atoms with Gasteiger partial charge >= 0.3 is 6.09 Å². The van der Waals surface area contributed by atoms with Gasteiger partial charge in [-0.1, -0.05) is 6.92 Å². The van der Waals surface area contributed by atoms with Gasteiger partial charge in [-0.15, -0.1) is 0 Å². The predicted molar refractivity (Wildman–Crippen MR) is 80.3 cm³/mol. The van der Waals surface area contributed by atoms with Crippen molar-refractivity contribution in [2.24, 2.45) is 0 Å². The molecule has 1 fully saturated rings. The molecule has 2 rings (SSSR count). The van der Waals surface area contributed by atoms with E-state index >= 15 is 0 Å². The van der Waals surface area contributed by atoms with E-state index in [2.05, 4.69) is 0 Å². The third-order valence-electron chi connectivity index (χ3n) is 3.95. The highest BCUT2D eigenvalue weighted by Gasteiger charge is 2.30. The molecule has 1 aromatic carbocycles. The number of anilines is 1. The Bertz CT molecular complexity index is 578. The summed E-state index contributed by atoms with van der Waals surface area (Å²) in [7, 11) is 0. The highest BCUT2D eigenvalue weighted by Crippen LogP contribution is 2.27. The van der Waals surface area contributed by atoms with Gasteiger partial charge in [0.2, 0.25) is 0 Å². The smallest absolute Gasteiger partial charge is 0.407 e. The summed E-state index contributed by atoms with van der Waals surface area (Å²) in [6.07, 6.45) is -0.500. The van der Waals surface area contributed by atoms with Crippen LogP contribution in [0.25, 0.3) is 0 Å². The summed E-state index contributed by atoms with van der Waals surface area (Å²) in [6.45, 7) is 2.74. The zero-order valence-corrected chi connectivity index (χ0v) is 12.3. The molecule has 1 aliphatic heterocycles. The van der Waals surface area contributed by atoms with Crippen molar-refractivity contribution in [2.45, 2.75) is 19.4 Å². The van der Waals surface area contributed by atoms with Crippen molar-refractivity contribution in [3.63, 3.8) is 0 Å². The Morgan fingerprint density at radius 3 is 2.73 bits per heavy atom. The molecule has 0 aromatic heterocycles. The lowest BCUT2D eigenvalue weighted by molar-refractivity contribution is -0.385. The molecule has 0 bridgehead atoms. The maximum Gasteiger partial charge on any atom is 0.407 e. The number of carboxylic acid groups (broad SMARTS) is 1. The van der Waals surface area contributed by atoms with E-state index in [1.54, 1.807) is 12.1 Å². The number of piperazine rings is 1. The molecule has 0 saturated carbocycles. The first-order valence-corrected chi connectivity index (χ1v) is 7.10. The average molecular weight is 309 g/mol. The Balaban J connectivity index is 2.22. The van der Waals surface area contributed by atoms with Crippen LogP contribution < -0.4 is 4.90 Å². The van der Waals surface area contributed by atoms with Crippen molar-refractivity contribution < 1.29 is 19.9 Å². The Labute approximate surface area is 127 Å². The number of carbonyl (C=O) groups is 1. The van der Waals surface area contributed by atoms with Crippen LogP contribution in [0.5, 0.6) is 0 Å². The summed E-state index contributed by atoms with van der Waals surface area (Å²) >= 11 is 0. The summed E-state index contributed by atoms with van der Waals surface area (Å²) in [5.74, 6) is 0. The number of amides is 1. The molecule has 0 aliphatic carbocycles. The van der Waals surface area contributed by atoms with Gasteiger partial charge in [0, 0.05) is 37.0 Å². The van der Waals surface area contributed by atoms with E-state index < -0.39 is 17.1 Å². The van der Waals surface area contributed by atoms with Crippen LogP contribution in [0.4, 0.5) is 16.2 Å². The number of nitro benzene ring substituents is 1. The second kappa shape index (κ2) is 6.61. The van der Waals surface area contributed by atoms with E-state index in [0.29, 0.717) is 31.6 Å². The number of benzene rings is 1. The van der Waals surface area contributed by atoms with Crippen molar-refractivity contribution in [3.8, 4) is 0 Å². The second-order valence-electron chi connectivity index (χ2n) is 5.18. The third-order valence-corrected chi connectivity index (χ3v) is 3.95. The Kier molecular flexibility index (Phi) is 4.81. The van der Waals surface area contributed by atoms with E-state index in [0.717, 1.165) is 5.69 Å². The largest absolute Gasteiger partial charge is 0.465 e. The minimum atomic E-state index is -1.04. The lowest BCUT2D eigenvalue weighted by atomic mass is 10.1. The SMILES string of the molecule is CCc1cc(N2CCN(C(=O)O)[C@@H](CO)C2)ccc1[N+](=O)[O-]. The zero-order valence-electron chi connectivity index (χ0n) is 12.3. The predicted octanol–water partition coefficient (Wildman–Crippen LogP) is 1.32. The van der Waals surface area contributed by atoms with Gasteiger partial charge in [0.05, 0.1) is 17.6 Å². The molecule has 2 N–H and O–H groups in total. The van der Waals surface area contributed by atoms with Crippen molar-refractivity contribution in [1.82, 2.24) is 4.90 Å². The number of aryl methyl sites for hydroxylation is 1. The standard InChI is InChI=1S/C14H19N3O5/c1-2-10-7-11(3-4-13(10)17(21)22)15-5-6-16(14(19)20)12(8-15)9-18/h3-4,7,12,18H,2,5-6,8-9H2,1H3,(H,19,20)/t12-/m1/s1. The van der Waals surface area contributed by atoms with E-state index in [1.807, 2.05) is 11.8 Å². The molecular weight excluding hydrogens is 290 g/mol. The fourth-order valence-electron chi connectivity index (χ4n) is 2.73. The molecule has 1 aromatic rings. The number of hydrogen-bond acceptors (Lipinski definition) is 5. The van der Waals surface area contributed by atoms with Crippen molar-refractivity contribution >= 4 is 17.5 Å². The molecule has 1 amide bonds. The average Bonchev–Trinajstić information content (AvgIpc) is 2.53. The monoisotopic (exact) mass is 309 g/mol. The third kappa shape index (κ3) is 3.11. The van der Waals surface area contributed by atoms with Gasteiger partial charge in [-0.2, -0.15) is 0 Å². The fraction of sp³-hybridized carbons (Fsp3) is 0.500. The summed E-state index contributed by atoms with van der Waals surface area (Å²) in [5.41, 5.74) is 1.55. The number of aliphatic hydroxyl groups is 1. The molecule has 0 unspecified atom stereocenters. The molecule has 120 valence electrons. The first-order valence-electron chi connectivity index (χ1n) is 7.10. The summed E-state index contributed by atoms with van der Waals surface area (Å²) in [6, 6.07) is 4.42. The van der Waals surface area contributed by atoms with Crippen LogP contribution in [0.2, 0.25) is 0 Å². The number of nitro groups is 1. The van der Waals surface area contributed by atoms with Crippen LogP contribution in [0.3, 0.4) is 0 Å². The Morgan fingerprint density at radius 2 is 2.18 bits per heavy atom. The minimum Gasteiger partial charge on any atom is -0.465 e. The van der Waals surface area contributed by atoms with Gasteiger partial charge in [0.1, 0.15) is 0 Å². The van der Waals surface area contributed by atoms with Gasteiger partial charge in [-0.25, -0.2) is 4.79 Å². The molecule has 8 nitrogen and oxygen atoms in total. The fourth-order valence-corrected chi connectivity index (χ4v) is 2.73. The van der Waals surface area contributed by atoms with Crippen LogP contribution in [0, 0.1) is 10.1 Å². The lowest BCUT2D eigenvalue weighted by Crippen LogP contribution is -2.56. The maximum absolute atomic E-state index is 11.1. The molecular formula is C14H19N3O5. The molecule has 0 radical (unpaired) electrons. The Morgan fingerprint density at radius 1 is 1.45 bits per heavy atom. The quantitative estimate of drug-likeness (QED) is 0.641. The summed E-state index contributed by atoms with van der Waals surface area (Å²) in [4.78, 5) is 24.9. The summed E-state index contributed by atoms with van der Waals surface area (Å²) in [5, 5.41) is 29.4. The van der Waals surface area contributed by atoms with Gasteiger partial charge in [-0.3, -0.25) is 15.0 Å². The van der Waals surface area contributed by atoms with Gasteiger partial charge in [0.15, 0.2) is 0 Å². The van der Waals surface area contributed by atoms with Crippen molar-refractivity contribution in [3.05, 3.63) is 33.9 Å². The molecule has 0 spiro atoms. The number of aliphatic hydroxyl groups excluding tert-OH is 1. The second-order valence-corrected chi connectivity index (χ2v) is 5.18. The van der Waals surface area contributed by atoms with Gasteiger partial charge in [-0.05, 0) is 18.6 Å². The van der Waals surface area contributed by atoms with Gasteiger partial charge in [0.25, 0.3) is 5.69 Å².